The van der Waals surface area contributed by atoms with Gasteiger partial charge in [0.2, 0.25) is 5.91 Å². The van der Waals surface area contributed by atoms with Gasteiger partial charge in [0.25, 0.3) is 0 Å². The van der Waals surface area contributed by atoms with Crippen LogP contribution in [0, 0.1) is 0 Å². The molecule has 0 bridgehead atoms. The van der Waals surface area contributed by atoms with E-state index in [-0.39, 0.29) is 12.3 Å². The highest BCUT2D eigenvalue weighted by atomic mass is 19.4. The van der Waals surface area contributed by atoms with Crippen molar-refractivity contribution in [1.29, 1.82) is 0 Å². The Morgan fingerprint density at radius 3 is 2.60 bits per heavy atom. The first-order chi connectivity index (χ1) is 11.9. The molecule has 0 aliphatic heterocycles. The molecule has 0 spiro atoms. The van der Waals surface area contributed by atoms with Crippen molar-refractivity contribution in [2.45, 2.75) is 32.4 Å². The summed E-state index contributed by atoms with van der Waals surface area (Å²) in [6, 6.07) is 6.14. The van der Waals surface area contributed by atoms with Gasteiger partial charge in [-0.05, 0) is 42.2 Å². The lowest BCUT2D eigenvalue weighted by molar-refractivity contribution is -0.141. The fourth-order valence-electron chi connectivity index (χ4n) is 2.47. The van der Waals surface area contributed by atoms with Crippen LogP contribution in [0.1, 0.15) is 30.2 Å². The molecule has 0 saturated carbocycles. The summed E-state index contributed by atoms with van der Waals surface area (Å²) in [5.74, 6) is -0.190. The number of rotatable bonds is 7. The summed E-state index contributed by atoms with van der Waals surface area (Å²) in [6.07, 6.45) is 1.37. The molecule has 4 nitrogen and oxygen atoms in total. The summed E-state index contributed by atoms with van der Waals surface area (Å²) in [5.41, 5.74) is 0.352. The van der Waals surface area contributed by atoms with Crippen LogP contribution in [0.15, 0.2) is 42.9 Å². The minimum absolute atomic E-state index is 0.0708. The molecule has 0 aromatic carbocycles. The first kappa shape index (κ1) is 18.9. The summed E-state index contributed by atoms with van der Waals surface area (Å²) in [4.78, 5) is 21.5. The van der Waals surface area contributed by atoms with Crippen molar-refractivity contribution >= 4 is 5.91 Å². The molecule has 2 heterocycles. The molecule has 2 aromatic rings. The van der Waals surface area contributed by atoms with E-state index in [1.807, 2.05) is 19.1 Å². The first-order valence-corrected chi connectivity index (χ1v) is 8.09. The number of amides is 1. The van der Waals surface area contributed by atoms with Gasteiger partial charge in [-0.3, -0.25) is 14.8 Å². The van der Waals surface area contributed by atoms with E-state index in [2.05, 4.69) is 9.97 Å². The third-order valence-corrected chi connectivity index (χ3v) is 3.71. The molecule has 25 heavy (non-hydrogen) atoms. The maximum atomic E-state index is 12.7. The van der Waals surface area contributed by atoms with Crippen molar-refractivity contribution in [3.8, 4) is 0 Å². The van der Waals surface area contributed by atoms with E-state index < -0.39 is 11.9 Å². The smallest absolute Gasteiger partial charge is 0.342 e. The van der Waals surface area contributed by atoms with Crippen molar-refractivity contribution in [3.05, 3.63) is 59.7 Å². The van der Waals surface area contributed by atoms with E-state index in [1.54, 1.807) is 17.3 Å². The maximum absolute atomic E-state index is 12.7. The second-order valence-electron chi connectivity index (χ2n) is 5.72. The van der Waals surface area contributed by atoms with Crippen LogP contribution in [0.3, 0.4) is 0 Å². The van der Waals surface area contributed by atoms with Gasteiger partial charge in [-0.2, -0.15) is 13.2 Å². The zero-order valence-electron chi connectivity index (χ0n) is 14.0. The van der Waals surface area contributed by atoms with Crippen LogP contribution in [0.25, 0.3) is 0 Å². The van der Waals surface area contributed by atoms with Crippen molar-refractivity contribution in [3.63, 3.8) is 0 Å². The van der Waals surface area contributed by atoms with Gasteiger partial charge in [-0.25, -0.2) is 0 Å². The van der Waals surface area contributed by atoms with Gasteiger partial charge >= 0.3 is 6.18 Å². The SMILES string of the molecule is CCCN(CCc1cccnc1)C(=O)Cc1ccnc(C(F)(F)F)c1. The van der Waals surface area contributed by atoms with E-state index in [9.17, 15) is 18.0 Å². The van der Waals surface area contributed by atoms with Crippen LogP contribution in [-0.4, -0.2) is 33.9 Å². The average molecular weight is 351 g/mol. The molecule has 0 atom stereocenters. The molecule has 0 fully saturated rings. The van der Waals surface area contributed by atoms with Gasteiger partial charge in [0.05, 0.1) is 6.42 Å². The fraction of sp³-hybridized carbons (Fsp3) is 0.389. The molecule has 134 valence electrons. The third kappa shape index (κ3) is 5.85. The van der Waals surface area contributed by atoms with Crippen LogP contribution in [0.2, 0.25) is 0 Å². The summed E-state index contributed by atoms with van der Waals surface area (Å²) in [7, 11) is 0. The maximum Gasteiger partial charge on any atom is 0.433 e. The third-order valence-electron chi connectivity index (χ3n) is 3.71. The Hall–Kier alpha value is -2.44. The van der Waals surface area contributed by atoms with E-state index in [4.69, 9.17) is 0 Å². The summed E-state index contributed by atoms with van der Waals surface area (Å²) >= 11 is 0. The zero-order chi connectivity index (χ0) is 18.3. The highest BCUT2D eigenvalue weighted by molar-refractivity contribution is 5.78. The van der Waals surface area contributed by atoms with Gasteiger partial charge < -0.3 is 4.90 Å². The highest BCUT2D eigenvalue weighted by Gasteiger charge is 2.32. The molecule has 2 rings (SSSR count). The predicted molar refractivity (Wildman–Crippen MR) is 87.8 cm³/mol. The first-order valence-electron chi connectivity index (χ1n) is 8.09. The summed E-state index contributed by atoms with van der Waals surface area (Å²) in [5, 5.41) is 0. The molecule has 0 saturated heterocycles. The van der Waals surface area contributed by atoms with Crippen LogP contribution in [0.4, 0.5) is 13.2 Å². The minimum Gasteiger partial charge on any atom is -0.342 e. The molecule has 0 radical (unpaired) electrons. The topological polar surface area (TPSA) is 46.1 Å². The van der Waals surface area contributed by atoms with Crippen molar-refractivity contribution in [2.24, 2.45) is 0 Å². The molecule has 7 heteroatoms. The van der Waals surface area contributed by atoms with Crippen LogP contribution in [0.5, 0.6) is 0 Å². The van der Waals surface area contributed by atoms with Gasteiger partial charge in [-0.1, -0.05) is 13.0 Å². The predicted octanol–water partition coefficient (Wildman–Crippen LogP) is 3.52. The average Bonchev–Trinajstić information content (AvgIpc) is 2.59. The number of pyridine rings is 2. The number of halogens is 3. The fourth-order valence-corrected chi connectivity index (χ4v) is 2.47. The monoisotopic (exact) mass is 351 g/mol. The van der Waals surface area contributed by atoms with Crippen LogP contribution < -0.4 is 0 Å². The Kier molecular flexibility index (Phi) is 6.50. The standard InChI is InChI=1S/C18H20F3N3O/c1-2-9-24(10-6-14-4-3-7-22-13-14)17(25)12-15-5-8-23-16(11-15)18(19,20)21/h3-5,7-8,11,13H,2,6,9-10,12H2,1H3. The summed E-state index contributed by atoms with van der Waals surface area (Å²) in [6.45, 7) is 3.03. The lowest BCUT2D eigenvalue weighted by Crippen LogP contribution is -2.34. The molecule has 1 amide bonds. The molecule has 0 N–H and O–H groups in total. The quantitative estimate of drug-likeness (QED) is 0.767. The lowest BCUT2D eigenvalue weighted by atomic mass is 10.1. The van der Waals surface area contributed by atoms with E-state index >= 15 is 0 Å². The minimum atomic E-state index is -4.51. The van der Waals surface area contributed by atoms with Gasteiger partial charge in [0.1, 0.15) is 5.69 Å². The summed E-state index contributed by atoms with van der Waals surface area (Å²) < 4.78 is 38.2. The molecule has 0 unspecified atom stereocenters. The Morgan fingerprint density at radius 1 is 1.16 bits per heavy atom. The van der Waals surface area contributed by atoms with E-state index in [0.717, 1.165) is 24.2 Å². The van der Waals surface area contributed by atoms with Crippen molar-refractivity contribution < 1.29 is 18.0 Å². The van der Waals surface area contributed by atoms with Crippen molar-refractivity contribution in [1.82, 2.24) is 14.9 Å². The Balaban J connectivity index is 2.02. The van der Waals surface area contributed by atoms with Gasteiger partial charge in [-0.15, -0.1) is 0 Å². The van der Waals surface area contributed by atoms with E-state index in [0.29, 0.717) is 25.1 Å². The number of nitrogens with zero attached hydrogens (tertiary/aromatic N) is 3. The van der Waals surface area contributed by atoms with Gasteiger partial charge in [0, 0.05) is 31.7 Å². The molecular formula is C18H20F3N3O. The molecule has 0 aliphatic rings. The zero-order valence-corrected chi connectivity index (χ0v) is 14.0. The largest absolute Gasteiger partial charge is 0.433 e. The Labute approximate surface area is 144 Å². The van der Waals surface area contributed by atoms with Gasteiger partial charge in [0.15, 0.2) is 0 Å². The molecule has 0 aliphatic carbocycles. The highest BCUT2D eigenvalue weighted by Crippen LogP contribution is 2.27. The number of carbonyl (C=O) groups is 1. The Morgan fingerprint density at radius 2 is 1.96 bits per heavy atom. The molecule has 2 aromatic heterocycles. The number of carbonyl (C=O) groups excluding carboxylic acids is 1. The number of hydrogen-bond acceptors (Lipinski definition) is 3. The number of alkyl halides is 3. The number of hydrogen-bond donors (Lipinski definition) is 0. The normalized spacial score (nSPS) is 11.4. The van der Waals surface area contributed by atoms with Crippen LogP contribution >= 0.6 is 0 Å². The second kappa shape index (κ2) is 8.60. The second-order valence-corrected chi connectivity index (χ2v) is 5.72. The van der Waals surface area contributed by atoms with Crippen LogP contribution in [-0.2, 0) is 23.8 Å². The Bertz CT molecular complexity index is 689. The number of aromatic nitrogens is 2. The van der Waals surface area contributed by atoms with Crippen molar-refractivity contribution in [2.75, 3.05) is 13.1 Å². The molecular weight excluding hydrogens is 331 g/mol. The van der Waals surface area contributed by atoms with E-state index in [1.165, 1.54) is 6.07 Å². The lowest BCUT2D eigenvalue weighted by Gasteiger charge is -2.22.